The van der Waals surface area contributed by atoms with Crippen LogP contribution in [0, 0.1) is 6.92 Å². The second-order valence-electron chi connectivity index (χ2n) is 6.97. The second kappa shape index (κ2) is 9.24. The molecule has 0 bridgehead atoms. The van der Waals surface area contributed by atoms with Crippen LogP contribution < -0.4 is 10.6 Å². The summed E-state index contributed by atoms with van der Waals surface area (Å²) in [4.78, 5) is 18.7. The molecule has 4 nitrogen and oxygen atoms in total. The van der Waals surface area contributed by atoms with Gasteiger partial charge in [-0.2, -0.15) is 11.3 Å². The average molecular weight is 434 g/mol. The largest absolute Gasteiger partial charge is 0.359 e. The zero-order valence-corrected chi connectivity index (χ0v) is 18.5. The van der Waals surface area contributed by atoms with Crippen molar-refractivity contribution in [1.82, 2.24) is 4.98 Å². The Morgan fingerprint density at radius 1 is 1.10 bits per heavy atom. The molecule has 0 radical (unpaired) electrons. The van der Waals surface area contributed by atoms with Gasteiger partial charge < -0.3 is 10.6 Å². The number of nitrogens with one attached hydrogen (secondary N) is 2. The molecule has 3 heterocycles. The lowest BCUT2D eigenvalue weighted by Gasteiger charge is -2.20. The number of aromatic nitrogens is 1. The molecule has 0 saturated carbocycles. The normalized spacial score (nSPS) is 11.8. The maximum Gasteiger partial charge on any atom is 0.256 e. The van der Waals surface area contributed by atoms with E-state index in [0.717, 1.165) is 34.1 Å². The van der Waals surface area contributed by atoms with Gasteiger partial charge >= 0.3 is 0 Å². The first-order valence-corrected chi connectivity index (χ1v) is 11.6. The van der Waals surface area contributed by atoms with Crippen molar-refractivity contribution < 1.29 is 4.79 Å². The van der Waals surface area contributed by atoms with Gasteiger partial charge in [-0.05, 0) is 66.1 Å². The Balaban J connectivity index is 1.71. The Morgan fingerprint density at radius 3 is 2.63 bits per heavy atom. The van der Waals surface area contributed by atoms with E-state index < -0.39 is 0 Å². The van der Waals surface area contributed by atoms with Gasteiger partial charge in [-0.15, -0.1) is 11.3 Å². The SMILES string of the molecule is CCc1cc([C@H](Nc2cccc(C)n2)c2ccsc2)c(NC(=O)c2ccccc2)s1. The van der Waals surface area contributed by atoms with Crippen LogP contribution in [0.1, 0.15) is 45.0 Å². The van der Waals surface area contributed by atoms with Crippen molar-refractivity contribution in [2.45, 2.75) is 26.3 Å². The van der Waals surface area contributed by atoms with Crippen molar-refractivity contribution in [1.29, 1.82) is 0 Å². The lowest BCUT2D eigenvalue weighted by Crippen LogP contribution is -2.16. The molecule has 1 atom stereocenters. The standard InChI is InChI=1S/C24H23N3OS2/c1-3-19-14-20(24(30-19)27-23(28)17-9-5-4-6-10-17)22(18-12-13-29-15-18)26-21-11-7-8-16(2)25-21/h4-15,22H,3H2,1-2H3,(H,25,26)(H,27,28)/t22-/m1/s1. The molecular weight excluding hydrogens is 410 g/mol. The van der Waals surface area contributed by atoms with Crippen LogP contribution in [0.5, 0.6) is 0 Å². The first kappa shape index (κ1) is 20.3. The first-order valence-electron chi connectivity index (χ1n) is 9.85. The predicted molar refractivity (Wildman–Crippen MR) is 127 cm³/mol. The summed E-state index contributed by atoms with van der Waals surface area (Å²) >= 11 is 3.29. The monoisotopic (exact) mass is 433 g/mol. The molecule has 1 aromatic carbocycles. The smallest absolute Gasteiger partial charge is 0.256 e. The summed E-state index contributed by atoms with van der Waals surface area (Å²) in [6.45, 7) is 4.11. The molecule has 30 heavy (non-hydrogen) atoms. The number of carbonyl (C=O) groups is 1. The van der Waals surface area contributed by atoms with E-state index in [1.165, 1.54) is 4.88 Å². The highest BCUT2D eigenvalue weighted by Gasteiger charge is 2.23. The number of pyridine rings is 1. The van der Waals surface area contributed by atoms with Gasteiger partial charge in [0.2, 0.25) is 0 Å². The van der Waals surface area contributed by atoms with Crippen LogP contribution >= 0.6 is 22.7 Å². The number of benzene rings is 1. The maximum atomic E-state index is 12.8. The minimum atomic E-state index is -0.104. The van der Waals surface area contributed by atoms with Crippen molar-refractivity contribution in [3.8, 4) is 0 Å². The fourth-order valence-corrected chi connectivity index (χ4v) is 4.98. The molecule has 3 aromatic heterocycles. The lowest BCUT2D eigenvalue weighted by atomic mass is 10.0. The molecule has 152 valence electrons. The number of amides is 1. The molecule has 0 saturated heterocycles. The zero-order valence-electron chi connectivity index (χ0n) is 16.9. The topological polar surface area (TPSA) is 54.0 Å². The van der Waals surface area contributed by atoms with Crippen LogP contribution in [0.3, 0.4) is 0 Å². The summed E-state index contributed by atoms with van der Waals surface area (Å²) < 4.78 is 0. The number of rotatable bonds is 7. The van der Waals surface area contributed by atoms with Crippen LogP contribution in [0.4, 0.5) is 10.8 Å². The Morgan fingerprint density at radius 2 is 1.93 bits per heavy atom. The molecule has 4 rings (SSSR count). The number of carbonyl (C=O) groups excluding carboxylic acids is 1. The Kier molecular flexibility index (Phi) is 6.26. The molecule has 0 aliphatic heterocycles. The summed E-state index contributed by atoms with van der Waals surface area (Å²) in [5.41, 5.74) is 3.82. The third kappa shape index (κ3) is 4.61. The minimum absolute atomic E-state index is 0.0981. The molecule has 0 spiro atoms. The molecule has 0 aliphatic rings. The van der Waals surface area contributed by atoms with Crippen LogP contribution in [-0.4, -0.2) is 10.9 Å². The van der Waals surface area contributed by atoms with Gasteiger partial charge in [0.15, 0.2) is 0 Å². The highest BCUT2D eigenvalue weighted by molar-refractivity contribution is 7.16. The minimum Gasteiger partial charge on any atom is -0.359 e. The van der Waals surface area contributed by atoms with Crippen molar-refractivity contribution in [3.63, 3.8) is 0 Å². The average Bonchev–Trinajstić information content (AvgIpc) is 3.43. The molecule has 4 aromatic rings. The van der Waals surface area contributed by atoms with Gasteiger partial charge in [0, 0.05) is 21.7 Å². The van der Waals surface area contributed by atoms with Crippen molar-refractivity contribution in [2.24, 2.45) is 0 Å². The summed E-state index contributed by atoms with van der Waals surface area (Å²) in [6.07, 6.45) is 0.915. The molecule has 1 amide bonds. The van der Waals surface area contributed by atoms with E-state index in [4.69, 9.17) is 0 Å². The number of anilines is 2. The van der Waals surface area contributed by atoms with E-state index in [0.29, 0.717) is 5.56 Å². The quantitative estimate of drug-likeness (QED) is 0.348. The Bertz CT molecular complexity index is 1120. The van der Waals surface area contributed by atoms with E-state index in [2.05, 4.69) is 45.4 Å². The van der Waals surface area contributed by atoms with Crippen molar-refractivity contribution >= 4 is 39.4 Å². The van der Waals surface area contributed by atoms with Gasteiger partial charge in [-0.1, -0.05) is 31.2 Å². The predicted octanol–water partition coefficient (Wildman–Crippen LogP) is 6.53. The fourth-order valence-electron chi connectivity index (χ4n) is 3.26. The van der Waals surface area contributed by atoms with E-state index in [1.807, 2.05) is 55.5 Å². The van der Waals surface area contributed by atoms with E-state index in [-0.39, 0.29) is 11.9 Å². The van der Waals surface area contributed by atoms with E-state index in [9.17, 15) is 4.79 Å². The molecule has 2 N–H and O–H groups in total. The van der Waals surface area contributed by atoms with Crippen LogP contribution in [0.25, 0.3) is 0 Å². The van der Waals surface area contributed by atoms with Crippen molar-refractivity contribution in [2.75, 3.05) is 10.6 Å². The highest BCUT2D eigenvalue weighted by atomic mass is 32.1. The lowest BCUT2D eigenvalue weighted by molar-refractivity contribution is 0.102. The number of hydrogen-bond acceptors (Lipinski definition) is 5. The van der Waals surface area contributed by atoms with E-state index in [1.54, 1.807) is 22.7 Å². The van der Waals surface area contributed by atoms with Crippen LogP contribution in [-0.2, 0) is 6.42 Å². The summed E-state index contributed by atoms with van der Waals surface area (Å²) in [5.74, 6) is 0.717. The molecule has 0 fully saturated rings. The van der Waals surface area contributed by atoms with Crippen LogP contribution in [0.15, 0.2) is 71.4 Å². The van der Waals surface area contributed by atoms with E-state index >= 15 is 0 Å². The van der Waals surface area contributed by atoms with Gasteiger partial charge in [0.1, 0.15) is 10.8 Å². The number of nitrogens with zero attached hydrogens (tertiary/aromatic N) is 1. The summed E-state index contributed by atoms with van der Waals surface area (Å²) in [5, 5.41) is 11.8. The second-order valence-corrected chi connectivity index (χ2v) is 8.89. The molecule has 6 heteroatoms. The number of thiophene rings is 2. The number of hydrogen-bond donors (Lipinski definition) is 2. The number of aryl methyl sites for hydroxylation is 2. The molecule has 0 unspecified atom stereocenters. The Labute approximate surface area is 184 Å². The van der Waals surface area contributed by atoms with Gasteiger partial charge in [-0.25, -0.2) is 4.98 Å². The zero-order chi connectivity index (χ0) is 20.9. The van der Waals surface area contributed by atoms with Gasteiger partial charge in [-0.3, -0.25) is 4.79 Å². The summed E-state index contributed by atoms with van der Waals surface area (Å²) in [6, 6.07) is 19.5. The highest BCUT2D eigenvalue weighted by Crippen LogP contribution is 2.38. The Hall–Kier alpha value is -2.96. The van der Waals surface area contributed by atoms with Crippen LogP contribution in [0.2, 0.25) is 0 Å². The molecule has 0 aliphatic carbocycles. The third-order valence-corrected chi connectivity index (χ3v) is 6.70. The van der Waals surface area contributed by atoms with Crippen molar-refractivity contribution in [3.05, 3.63) is 98.7 Å². The molecular formula is C24H23N3OS2. The summed E-state index contributed by atoms with van der Waals surface area (Å²) in [7, 11) is 0. The maximum absolute atomic E-state index is 12.8. The first-order chi connectivity index (χ1) is 14.6. The van der Waals surface area contributed by atoms with Gasteiger partial charge in [0.25, 0.3) is 5.91 Å². The third-order valence-electron chi connectivity index (χ3n) is 4.79. The van der Waals surface area contributed by atoms with Gasteiger partial charge in [0.05, 0.1) is 6.04 Å². The fraction of sp³-hybridized carbons (Fsp3) is 0.167.